The molecule has 1 aromatic carbocycles. The Morgan fingerprint density at radius 1 is 1.04 bits per heavy atom. The Kier molecular flexibility index (Phi) is 3.67. The zero-order chi connectivity index (χ0) is 15.8. The number of aromatic nitrogens is 1. The molecule has 1 aliphatic carbocycles. The molecule has 0 spiro atoms. The second-order valence-corrected chi connectivity index (χ2v) is 7.58. The summed E-state index contributed by atoms with van der Waals surface area (Å²) in [5, 5.41) is 1.03. The predicted octanol–water partition coefficient (Wildman–Crippen LogP) is 5.26. The van der Waals surface area contributed by atoms with Gasteiger partial charge in [0.1, 0.15) is 5.76 Å². The summed E-state index contributed by atoms with van der Waals surface area (Å²) in [6.07, 6.45) is 3.90. The first-order chi connectivity index (χ1) is 11.3. The van der Waals surface area contributed by atoms with E-state index in [9.17, 15) is 4.79 Å². The van der Waals surface area contributed by atoms with Crippen LogP contribution in [-0.4, -0.2) is 11.2 Å². The van der Waals surface area contributed by atoms with Gasteiger partial charge in [0.15, 0.2) is 0 Å². The smallest absolute Gasteiger partial charge is 0.344 e. The molecule has 2 aromatic rings. The predicted molar refractivity (Wildman–Crippen MR) is 98.3 cm³/mol. The second kappa shape index (κ2) is 5.83. The molecule has 2 aliphatic rings. The van der Waals surface area contributed by atoms with E-state index in [1.807, 2.05) is 61.0 Å². The van der Waals surface area contributed by atoms with Crippen LogP contribution < -0.4 is 5.63 Å². The second-order valence-electron chi connectivity index (χ2n) is 5.11. The summed E-state index contributed by atoms with van der Waals surface area (Å²) >= 11 is 0. The van der Waals surface area contributed by atoms with Gasteiger partial charge in [-0.1, -0.05) is 51.9 Å². The molecule has 0 saturated carbocycles. The van der Waals surface area contributed by atoms with Gasteiger partial charge in [-0.25, -0.2) is 4.79 Å². The highest BCUT2D eigenvalue weighted by molar-refractivity contribution is 8.76. The fraction of sp³-hybridized carbons (Fsp3) is 0.0556. The van der Waals surface area contributed by atoms with Gasteiger partial charge in [0.25, 0.3) is 0 Å². The van der Waals surface area contributed by atoms with Crippen molar-refractivity contribution in [3.63, 3.8) is 0 Å². The third-order valence-electron chi connectivity index (χ3n) is 3.78. The van der Waals surface area contributed by atoms with Crippen LogP contribution in [0.3, 0.4) is 0 Å². The number of nitrogens with one attached hydrogen (secondary N) is 1. The first kappa shape index (κ1) is 14.5. The maximum atomic E-state index is 12.5. The minimum atomic E-state index is -0.295. The van der Waals surface area contributed by atoms with Crippen molar-refractivity contribution in [2.24, 2.45) is 0 Å². The van der Waals surface area contributed by atoms with Crippen LogP contribution >= 0.6 is 21.6 Å². The van der Waals surface area contributed by atoms with Crippen molar-refractivity contribution in [1.82, 2.24) is 4.98 Å². The first-order valence-corrected chi connectivity index (χ1v) is 9.68. The lowest BCUT2D eigenvalue weighted by atomic mass is 10.0. The Balaban J connectivity index is 1.96. The van der Waals surface area contributed by atoms with E-state index in [2.05, 4.69) is 4.98 Å². The summed E-state index contributed by atoms with van der Waals surface area (Å²) in [6.45, 7) is 0. The van der Waals surface area contributed by atoms with Crippen LogP contribution in [0.4, 0.5) is 0 Å². The molecule has 0 atom stereocenters. The van der Waals surface area contributed by atoms with Crippen molar-refractivity contribution in [3.8, 4) is 22.5 Å². The van der Waals surface area contributed by atoms with E-state index in [1.165, 1.54) is 0 Å². The Morgan fingerprint density at radius 3 is 2.78 bits per heavy atom. The number of hydrogen-bond donors (Lipinski definition) is 1. The third kappa shape index (κ3) is 2.46. The molecule has 0 saturated heterocycles. The fourth-order valence-electron chi connectivity index (χ4n) is 2.81. The van der Waals surface area contributed by atoms with E-state index in [0.29, 0.717) is 11.3 Å². The number of para-hydroxylation sites is 1. The molecule has 0 fully saturated rings. The van der Waals surface area contributed by atoms with E-state index in [1.54, 1.807) is 21.6 Å². The molecule has 5 heteroatoms. The summed E-state index contributed by atoms with van der Waals surface area (Å²) in [6, 6.07) is 15.8. The molecule has 0 unspecified atom stereocenters. The number of H-pyrrole nitrogens is 1. The first-order valence-electron chi connectivity index (χ1n) is 7.12. The van der Waals surface area contributed by atoms with E-state index < -0.39 is 0 Å². The summed E-state index contributed by atoms with van der Waals surface area (Å²) in [4.78, 5) is 16.7. The van der Waals surface area contributed by atoms with Crippen LogP contribution in [0.1, 0.15) is 0 Å². The molecule has 1 aliphatic heterocycles. The van der Waals surface area contributed by atoms with Crippen molar-refractivity contribution in [2.75, 3.05) is 6.26 Å². The lowest BCUT2D eigenvalue weighted by Crippen LogP contribution is -1.95. The van der Waals surface area contributed by atoms with E-state index in [0.717, 1.165) is 26.9 Å². The number of hydrogen-bond acceptors (Lipinski definition) is 4. The molecule has 4 rings (SSSR count). The molecule has 2 heterocycles. The lowest BCUT2D eigenvalue weighted by Gasteiger charge is -1.97. The maximum Gasteiger partial charge on any atom is 0.344 e. The van der Waals surface area contributed by atoms with Crippen LogP contribution in [0.5, 0.6) is 0 Å². The van der Waals surface area contributed by atoms with Crippen LogP contribution in [0, 0.1) is 0 Å². The van der Waals surface area contributed by atoms with E-state index in [4.69, 9.17) is 4.42 Å². The van der Waals surface area contributed by atoms with Gasteiger partial charge >= 0.3 is 5.63 Å². The van der Waals surface area contributed by atoms with Gasteiger partial charge < -0.3 is 9.40 Å². The van der Waals surface area contributed by atoms with Crippen LogP contribution in [-0.2, 0) is 0 Å². The molecule has 1 N–H and O–H groups in total. The van der Waals surface area contributed by atoms with Crippen LogP contribution in [0.2, 0.25) is 0 Å². The highest BCUT2D eigenvalue weighted by Crippen LogP contribution is 2.38. The summed E-state index contributed by atoms with van der Waals surface area (Å²) in [5.74, 6) is 0.622. The van der Waals surface area contributed by atoms with E-state index in [-0.39, 0.29) is 5.63 Å². The van der Waals surface area contributed by atoms with Crippen LogP contribution in [0.25, 0.3) is 33.4 Å². The van der Waals surface area contributed by atoms with Gasteiger partial charge in [-0.2, -0.15) is 0 Å². The molecule has 23 heavy (non-hydrogen) atoms. The standard InChI is InChI=1S/C18H13NO2S2/c1-22-23-11-5-4-7-13-16(9-11)21-18(20)17(13)14-10-19-15-8-3-2-6-12(14)15/h2-10,19H,1H3. The normalized spacial score (nSPS) is 11.3. The van der Waals surface area contributed by atoms with E-state index >= 15 is 0 Å². The van der Waals surface area contributed by atoms with Gasteiger partial charge in [-0.05, 0) is 24.5 Å². The summed E-state index contributed by atoms with van der Waals surface area (Å²) in [5.41, 5.74) is 3.06. The SMILES string of the molecule is CSSc1cccc2c(-c3c[nH]c4ccccc34)c(=O)oc-2c1. The highest BCUT2D eigenvalue weighted by atomic mass is 33.1. The molecule has 0 bridgehead atoms. The number of rotatable bonds is 3. The average molecular weight is 339 g/mol. The van der Waals surface area contributed by atoms with Gasteiger partial charge in [-0.15, -0.1) is 0 Å². The fourth-order valence-corrected chi connectivity index (χ4v) is 4.18. The molecule has 0 amide bonds. The number of aromatic amines is 1. The molecule has 3 nitrogen and oxygen atoms in total. The zero-order valence-corrected chi connectivity index (χ0v) is 14.0. The molecule has 114 valence electrons. The van der Waals surface area contributed by atoms with Crippen molar-refractivity contribution < 1.29 is 4.42 Å². The van der Waals surface area contributed by atoms with Crippen molar-refractivity contribution in [2.45, 2.75) is 4.90 Å². The summed E-state index contributed by atoms with van der Waals surface area (Å²) < 4.78 is 5.53. The van der Waals surface area contributed by atoms with Crippen molar-refractivity contribution in [1.29, 1.82) is 0 Å². The molecular weight excluding hydrogens is 326 g/mol. The Bertz CT molecular complexity index is 1020. The third-order valence-corrected chi connectivity index (χ3v) is 5.47. The topological polar surface area (TPSA) is 46.0 Å². The minimum absolute atomic E-state index is 0.295. The van der Waals surface area contributed by atoms with Crippen molar-refractivity contribution >= 4 is 32.5 Å². The number of benzene rings is 1. The molecule has 1 aromatic heterocycles. The monoisotopic (exact) mass is 339 g/mol. The Labute approximate surface area is 140 Å². The number of fused-ring (bicyclic) bond motifs is 2. The van der Waals surface area contributed by atoms with Crippen molar-refractivity contribution in [3.05, 3.63) is 65.1 Å². The van der Waals surface area contributed by atoms with Gasteiger partial charge in [0, 0.05) is 33.1 Å². The quantitative estimate of drug-likeness (QED) is 0.517. The zero-order valence-electron chi connectivity index (χ0n) is 12.3. The number of furan rings is 1. The Hall–Kier alpha value is -2.11. The van der Waals surface area contributed by atoms with Crippen LogP contribution in [0.15, 0.2) is 68.8 Å². The van der Waals surface area contributed by atoms with Gasteiger partial charge in [0.05, 0.1) is 5.56 Å². The maximum absolute atomic E-state index is 12.5. The molecular formula is C18H13NO2S2. The Morgan fingerprint density at radius 2 is 1.91 bits per heavy atom. The lowest BCUT2D eigenvalue weighted by molar-refractivity contribution is 0.545. The average Bonchev–Trinajstić information content (AvgIpc) is 3.02. The largest absolute Gasteiger partial charge is 0.422 e. The molecule has 0 radical (unpaired) electrons. The van der Waals surface area contributed by atoms with Gasteiger partial charge in [-0.3, -0.25) is 0 Å². The highest BCUT2D eigenvalue weighted by Gasteiger charge is 2.21. The summed E-state index contributed by atoms with van der Waals surface area (Å²) in [7, 11) is 3.31. The minimum Gasteiger partial charge on any atom is -0.422 e. The van der Waals surface area contributed by atoms with Gasteiger partial charge in [0.2, 0.25) is 0 Å².